The number of amides is 1. The van der Waals surface area contributed by atoms with E-state index in [0.29, 0.717) is 17.7 Å². The van der Waals surface area contributed by atoms with E-state index in [4.69, 9.17) is 11.0 Å². The molecule has 1 aromatic heterocycles. The topological polar surface area (TPSA) is 71.8 Å². The van der Waals surface area contributed by atoms with Crippen LogP contribution in [0.5, 0.6) is 0 Å². The molecule has 0 saturated carbocycles. The maximum atomic E-state index is 11.8. The van der Waals surface area contributed by atoms with Gasteiger partial charge in [0.1, 0.15) is 0 Å². The minimum absolute atomic E-state index is 0.447. The second-order valence-electron chi connectivity index (χ2n) is 4.87. The molecule has 21 heavy (non-hydrogen) atoms. The zero-order chi connectivity index (χ0) is 15.6. The average Bonchev–Trinajstić information content (AvgIpc) is 2.72. The molecule has 2 N–H and O–H groups in total. The van der Waals surface area contributed by atoms with Crippen molar-refractivity contribution in [3.63, 3.8) is 0 Å². The van der Waals surface area contributed by atoms with Gasteiger partial charge >= 0.3 is 0 Å². The van der Waals surface area contributed by atoms with Crippen molar-refractivity contribution in [1.82, 2.24) is 4.57 Å². The Balaban J connectivity index is 2.71. The maximum Gasteiger partial charge on any atom is 0.251 e. The Kier molecular flexibility index (Phi) is 3.95. The van der Waals surface area contributed by atoms with Crippen LogP contribution in [0.1, 0.15) is 27.3 Å². The standard InChI is InChI=1S/C17H17N3O/c1-4-9-20-11(2)15(16(12(20)3)17(19)21)14-7-5-13(10-18)6-8-14/h4-8H,1,9H2,2-3H3,(H2,19,21). The van der Waals surface area contributed by atoms with Gasteiger partial charge in [0.25, 0.3) is 5.91 Å². The molecule has 0 spiro atoms. The molecule has 0 bridgehead atoms. The minimum atomic E-state index is -0.447. The molecule has 0 radical (unpaired) electrons. The van der Waals surface area contributed by atoms with Crippen molar-refractivity contribution in [3.8, 4) is 17.2 Å². The van der Waals surface area contributed by atoms with E-state index in [-0.39, 0.29) is 0 Å². The number of primary amides is 1. The number of hydrogen-bond acceptors (Lipinski definition) is 2. The van der Waals surface area contributed by atoms with Crippen molar-refractivity contribution in [1.29, 1.82) is 5.26 Å². The van der Waals surface area contributed by atoms with Gasteiger partial charge in [-0.1, -0.05) is 18.2 Å². The van der Waals surface area contributed by atoms with E-state index in [9.17, 15) is 4.79 Å². The Labute approximate surface area is 124 Å². The van der Waals surface area contributed by atoms with Gasteiger partial charge in [-0.25, -0.2) is 0 Å². The van der Waals surface area contributed by atoms with E-state index in [1.165, 1.54) is 0 Å². The van der Waals surface area contributed by atoms with Crippen LogP contribution in [0.25, 0.3) is 11.1 Å². The van der Waals surface area contributed by atoms with Gasteiger partial charge in [0.2, 0.25) is 0 Å². The molecular weight excluding hydrogens is 262 g/mol. The summed E-state index contributed by atoms with van der Waals surface area (Å²) in [5, 5.41) is 8.88. The smallest absolute Gasteiger partial charge is 0.251 e. The van der Waals surface area contributed by atoms with E-state index in [1.54, 1.807) is 18.2 Å². The minimum Gasteiger partial charge on any atom is -0.366 e. The van der Waals surface area contributed by atoms with E-state index in [1.807, 2.05) is 30.5 Å². The van der Waals surface area contributed by atoms with Gasteiger partial charge in [0.05, 0.1) is 17.2 Å². The molecule has 4 heteroatoms. The van der Waals surface area contributed by atoms with Crippen molar-refractivity contribution in [3.05, 3.63) is 59.4 Å². The van der Waals surface area contributed by atoms with Crippen LogP contribution in [0.2, 0.25) is 0 Å². The molecule has 1 heterocycles. The molecule has 2 aromatic rings. The normalized spacial score (nSPS) is 10.1. The molecule has 1 aromatic carbocycles. The number of benzene rings is 1. The lowest BCUT2D eigenvalue weighted by Gasteiger charge is -2.06. The summed E-state index contributed by atoms with van der Waals surface area (Å²) in [6.07, 6.45) is 1.79. The molecule has 4 nitrogen and oxygen atoms in total. The summed E-state index contributed by atoms with van der Waals surface area (Å²) >= 11 is 0. The zero-order valence-corrected chi connectivity index (χ0v) is 12.2. The molecule has 0 aliphatic carbocycles. The van der Waals surface area contributed by atoms with Crippen LogP contribution in [0.15, 0.2) is 36.9 Å². The molecule has 1 amide bonds. The maximum absolute atomic E-state index is 11.8. The lowest BCUT2D eigenvalue weighted by atomic mass is 9.99. The molecule has 0 saturated heterocycles. The predicted molar refractivity (Wildman–Crippen MR) is 82.8 cm³/mol. The van der Waals surface area contributed by atoms with Crippen molar-refractivity contribution < 1.29 is 4.79 Å². The summed E-state index contributed by atoms with van der Waals surface area (Å²) in [5.41, 5.74) is 10.2. The average molecular weight is 279 g/mol. The fourth-order valence-corrected chi connectivity index (χ4v) is 2.65. The summed E-state index contributed by atoms with van der Waals surface area (Å²) in [6.45, 7) is 8.20. The first-order valence-corrected chi connectivity index (χ1v) is 6.62. The van der Waals surface area contributed by atoms with E-state index < -0.39 is 5.91 Å². The summed E-state index contributed by atoms with van der Waals surface area (Å²) in [7, 11) is 0. The molecular formula is C17H17N3O. The van der Waals surface area contributed by atoms with E-state index in [2.05, 4.69) is 12.6 Å². The number of carbonyl (C=O) groups excluding carboxylic acids is 1. The fourth-order valence-electron chi connectivity index (χ4n) is 2.65. The molecule has 106 valence electrons. The number of nitrogens with two attached hydrogens (primary N) is 1. The van der Waals surface area contributed by atoms with Crippen molar-refractivity contribution in [2.24, 2.45) is 5.73 Å². The van der Waals surface area contributed by atoms with Crippen LogP contribution in [0.3, 0.4) is 0 Å². The van der Waals surface area contributed by atoms with Crippen molar-refractivity contribution in [2.75, 3.05) is 0 Å². The van der Waals surface area contributed by atoms with Gasteiger partial charge < -0.3 is 10.3 Å². The Morgan fingerprint density at radius 2 is 1.95 bits per heavy atom. The van der Waals surface area contributed by atoms with Gasteiger partial charge in [-0.2, -0.15) is 5.26 Å². The molecule has 0 unspecified atom stereocenters. The summed E-state index contributed by atoms with van der Waals surface area (Å²) < 4.78 is 2.01. The Morgan fingerprint density at radius 1 is 1.33 bits per heavy atom. The number of rotatable bonds is 4. The molecule has 0 atom stereocenters. The molecule has 2 rings (SSSR count). The number of allylic oxidation sites excluding steroid dienone is 1. The van der Waals surface area contributed by atoms with Crippen LogP contribution >= 0.6 is 0 Å². The van der Waals surface area contributed by atoms with Crippen LogP contribution in [0.4, 0.5) is 0 Å². The lowest BCUT2D eigenvalue weighted by molar-refractivity contribution is 0.1000. The third kappa shape index (κ3) is 2.46. The number of aromatic nitrogens is 1. The molecule has 0 fully saturated rings. The Bertz CT molecular complexity index is 746. The van der Waals surface area contributed by atoms with Crippen LogP contribution in [-0.2, 0) is 6.54 Å². The third-order valence-corrected chi connectivity index (χ3v) is 3.64. The van der Waals surface area contributed by atoms with Gasteiger partial charge in [-0.05, 0) is 31.5 Å². The summed E-state index contributed by atoms with van der Waals surface area (Å²) in [6, 6.07) is 9.23. The Morgan fingerprint density at radius 3 is 2.43 bits per heavy atom. The van der Waals surface area contributed by atoms with Crippen molar-refractivity contribution in [2.45, 2.75) is 20.4 Å². The predicted octanol–water partition coefficient (Wildman–Crippen LogP) is 2.93. The number of nitriles is 1. The largest absolute Gasteiger partial charge is 0.366 e. The zero-order valence-electron chi connectivity index (χ0n) is 12.2. The first-order chi connectivity index (χ1) is 10.0. The highest BCUT2D eigenvalue weighted by Gasteiger charge is 2.21. The van der Waals surface area contributed by atoms with Gasteiger partial charge in [-0.3, -0.25) is 4.79 Å². The molecule has 0 aliphatic heterocycles. The highest BCUT2D eigenvalue weighted by molar-refractivity contribution is 6.02. The number of carbonyl (C=O) groups is 1. The monoisotopic (exact) mass is 279 g/mol. The van der Waals surface area contributed by atoms with Crippen LogP contribution in [0, 0.1) is 25.2 Å². The quantitative estimate of drug-likeness (QED) is 0.874. The summed E-state index contributed by atoms with van der Waals surface area (Å²) in [5.74, 6) is -0.447. The van der Waals surface area contributed by atoms with Crippen LogP contribution < -0.4 is 5.73 Å². The van der Waals surface area contributed by atoms with Crippen LogP contribution in [-0.4, -0.2) is 10.5 Å². The summed E-state index contributed by atoms with van der Waals surface area (Å²) in [4.78, 5) is 11.8. The third-order valence-electron chi connectivity index (χ3n) is 3.64. The Hall–Kier alpha value is -2.80. The van der Waals surface area contributed by atoms with Gasteiger partial charge in [0.15, 0.2) is 0 Å². The second kappa shape index (κ2) is 5.68. The first kappa shape index (κ1) is 14.6. The van der Waals surface area contributed by atoms with Gasteiger partial charge in [0, 0.05) is 23.5 Å². The van der Waals surface area contributed by atoms with Gasteiger partial charge in [-0.15, -0.1) is 6.58 Å². The fraction of sp³-hybridized carbons (Fsp3) is 0.176. The first-order valence-electron chi connectivity index (χ1n) is 6.62. The highest BCUT2D eigenvalue weighted by Crippen LogP contribution is 2.32. The van der Waals surface area contributed by atoms with E-state index in [0.717, 1.165) is 22.5 Å². The lowest BCUT2D eigenvalue weighted by Crippen LogP contribution is -2.13. The number of hydrogen-bond donors (Lipinski definition) is 1. The molecule has 0 aliphatic rings. The highest BCUT2D eigenvalue weighted by atomic mass is 16.1. The van der Waals surface area contributed by atoms with E-state index >= 15 is 0 Å². The van der Waals surface area contributed by atoms with Crippen molar-refractivity contribution >= 4 is 5.91 Å². The SMILES string of the molecule is C=CCn1c(C)c(C(N)=O)c(-c2ccc(C#N)cc2)c1C. The number of nitrogens with zero attached hydrogens (tertiary/aromatic N) is 2. The second-order valence-corrected chi connectivity index (χ2v) is 4.87.